The first-order valence-corrected chi connectivity index (χ1v) is 4.72. The van der Waals surface area contributed by atoms with Crippen molar-refractivity contribution in [2.45, 2.75) is 6.18 Å². The highest BCUT2D eigenvalue weighted by atomic mass is 79.9. The summed E-state index contributed by atoms with van der Waals surface area (Å²) >= 11 is 3.09. The highest BCUT2D eigenvalue weighted by Gasteiger charge is 2.30. The Morgan fingerprint density at radius 2 is 2.07 bits per heavy atom. The molecule has 1 aromatic rings. The van der Waals surface area contributed by atoms with E-state index in [0.717, 1.165) is 12.1 Å². The first-order chi connectivity index (χ1) is 6.95. The van der Waals surface area contributed by atoms with Crippen molar-refractivity contribution in [3.8, 4) is 6.07 Å². The zero-order valence-electron chi connectivity index (χ0n) is 7.40. The summed E-state index contributed by atoms with van der Waals surface area (Å²) in [7, 11) is 0. The minimum Gasteiger partial charge on any atom is -0.371 e. The first-order valence-electron chi connectivity index (χ1n) is 3.92. The van der Waals surface area contributed by atoms with Gasteiger partial charge in [0.2, 0.25) is 0 Å². The molecule has 1 aromatic carbocycles. The summed E-state index contributed by atoms with van der Waals surface area (Å²) in [6.45, 7) is -0.0418. The third-order valence-corrected chi connectivity index (χ3v) is 2.34. The van der Waals surface area contributed by atoms with Gasteiger partial charge in [0, 0.05) is 10.2 Å². The van der Waals surface area contributed by atoms with E-state index in [1.807, 2.05) is 0 Å². The van der Waals surface area contributed by atoms with Crippen molar-refractivity contribution in [1.29, 1.82) is 5.26 Å². The molecule has 0 unspecified atom stereocenters. The fourth-order valence-electron chi connectivity index (χ4n) is 0.972. The number of rotatable bonds is 2. The number of hydrogen-bond donors (Lipinski definition) is 1. The van der Waals surface area contributed by atoms with Crippen LogP contribution in [0.1, 0.15) is 5.56 Å². The molecule has 0 aliphatic carbocycles. The van der Waals surface area contributed by atoms with Gasteiger partial charge in [-0.25, -0.2) is 0 Å². The molecule has 1 rings (SSSR count). The maximum Gasteiger partial charge on any atom is 0.416 e. The lowest BCUT2D eigenvalue weighted by atomic mass is 10.2. The minimum atomic E-state index is -4.37. The van der Waals surface area contributed by atoms with E-state index in [4.69, 9.17) is 5.26 Å². The lowest BCUT2D eigenvalue weighted by Gasteiger charge is -2.10. The molecule has 0 amide bonds. The van der Waals surface area contributed by atoms with Crippen LogP contribution >= 0.6 is 15.9 Å². The highest BCUT2D eigenvalue weighted by molar-refractivity contribution is 9.10. The predicted molar refractivity (Wildman–Crippen MR) is 53.2 cm³/mol. The number of halogens is 4. The molecule has 6 heteroatoms. The normalized spacial score (nSPS) is 10.9. The van der Waals surface area contributed by atoms with E-state index in [-0.39, 0.29) is 12.2 Å². The average molecular weight is 279 g/mol. The molecular formula is C9H6BrF3N2. The summed E-state index contributed by atoms with van der Waals surface area (Å²) in [5.74, 6) is 0. The molecule has 15 heavy (non-hydrogen) atoms. The van der Waals surface area contributed by atoms with Gasteiger partial charge in [0.1, 0.15) is 6.54 Å². The van der Waals surface area contributed by atoms with Crippen molar-refractivity contribution >= 4 is 21.6 Å². The zero-order chi connectivity index (χ0) is 11.5. The van der Waals surface area contributed by atoms with Gasteiger partial charge in [-0.15, -0.1) is 0 Å². The van der Waals surface area contributed by atoms with Crippen LogP contribution in [0.3, 0.4) is 0 Å². The van der Waals surface area contributed by atoms with Gasteiger partial charge in [-0.05, 0) is 34.1 Å². The van der Waals surface area contributed by atoms with Crippen LogP contribution in [0.15, 0.2) is 22.7 Å². The van der Waals surface area contributed by atoms with Crippen LogP contribution in [0.4, 0.5) is 18.9 Å². The Kier molecular flexibility index (Phi) is 3.58. The summed E-state index contributed by atoms with van der Waals surface area (Å²) in [6, 6.07) is 5.02. The van der Waals surface area contributed by atoms with E-state index in [0.29, 0.717) is 4.47 Å². The van der Waals surface area contributed by atoms with Crippen LogP contribution in [0.25, 0.3) is 0 Å². The Morgan fingerprint density at radius 3 is 2.60 bits per heavy atom. The van der Waals surface area contributed by atoms with Gasteiger partial charge in [-0.2, -0.15) is 18.4 Å². The van der Waals surface area contributed by atoms with E-state index in [9.17, 15) is 13.2 Å². The third kappa shape index (κ3) is 3.13. The first kappa shape index (κ1) is 11.9. The predicted octanol–water partition coefficient (Wildman–Crippen LogP) is 3.40. The second kappa shape index (κ2) is 4.53. The Labute approximate surface area is 92.8 Å². The number of anilines is 1. The van der Waals surface area contributed by atoms with Crippen molar-refractivity contribution in [3.05, 3.63) is 28.2 Å². The molecule has 0 bridgehead atoms. The summed E-state index contributed by atoms with van der Waals surface area (Å²) in [5, 5.41) is 10.9. The molecule has 0 saturated carbocycles. The molecule has 0 saturated heterocycles. The van der Waals surface area contributed by atoms with Gasteiger partial charge >= 0.3 is 6.18 Å². The number of benzene rings is 1. The molecule has 0 heterocycles. The van der Waals surface area contributed by atoms with Crippen LogP contribution in [0, 0.1) is 11.3 Å². The van der Waals surface area contributed by atoms with E-state index in [1.54, 1.807) is 6.07 Å². The molecular weight excluding hydrogens is 273 g/mol. The largest absolute Gasteiger partial charge is 0.416 e. The van der Waals surface area contributed by atoms with Crippen molar-refractivity contribution in [3.63, 3.8) is 0 Å². The standard InChI is InChI=1S/C9H6BrF3N2/c10-7-2-1-6(9(11,12)13)5-8(7)15-4-3-14/h1-2,5,15H,4H2. The number of hydrogen-bond acceptors (Lipinski definition) is 2. The Bertz CT molecular complexity index is 395. The number of nitriles is 1. The maximum absolute atomic E-state index is 12.3. The maximum atomic E-state index is 12.3. The van der Waals surface area contributed by atoms with Gasteiger partial charge in [-0.3, -0.25) is 0 Å². The van der Waals surface area contributed by atoms with E-state index >= 15 is 0 Å². The lowest BCUT2D eigenvalue weighted by Crippen LogP contribution is -2.07. The second-order valence-corrected chi connectivity index (χ2v) is 3.56. The second-order valence-electron chi connectivity index (χ2n) is 2.70. The van der Waals surface area contributed by atoms with Crippen LogP contribution in [0.2, 0.25) is 0 Å². The van der Waals surface area contributed by atoms with E-state index in [2.05, 4.69) is 21.2 Å². The van der Waals surface area contributed by atoms with Crippen molar-refractivity contribution < 1.29 is 13.2 Å². The molecule has 0 spiro atoms. The molecule has 2 nitrogen and oxygen atoms in total. The SMILES string of the molecule is N#CCNc1cc(C(F)(F)F)ccc1Br. The summed E-state index contributed by atoms with van der Waals surface area (Å²) in [5.41, 5.74) is -0.488. The summed E-state index contributed by atoms with van der Waals surface area (Å²) in [6.07, 6.45) is -4.37. The van der Waals surface area contributed by atoms with Crippen molar-refractivity contribution in [2.24, 2.45) is 0 Å². The minimum absolute atomic E-state index is 0.0418. The summed E-state index contributed by atoms with van der Waals surface area (Å²) in [4.78, 5) is 0. The van der Waals surface area contributed by atoms with Crippen LogP contribution in [0.5, 0.6) is 0 Å². The molecule has 0 radical (unpaired) electrons. The van der Waals surface area contributed by atoms with Crippen LogP contribution in [-0.4, -0.2) is 6.54 Å². The smallest absolute Gasteiger partial charge is 0.371 e. The van der Waals surface area contributed by atoms with Crippen molar-refractivity contribution in [2.75, 3.05) is 11.9 Å². The molecule has 0 aliphatic heterocycles. The van der Waals surface area contributed by atoms with Gasteiger partial charge in [0.15, 0.2) is 0 Å². The Morgan fingerprint density at radius 1 is 1.40 bits per heavy atom. The molecule has 0 atom stereocenters. The fraction of sp³-hybridized carbons (Fsp3) is 0.222. The molecule has 0 fully saturated rings. The Hall–Kier alpha value is -1.22. The highest BCUT2D eigenvalue weighted by Crippen LogP contribution is 2.33. The van der Waals surface area contributed by atoms with Crippen LogP contribution < -0.4 is 5.32 Å². The van der Waals surface area contributed by atoms with Gasteiger partial charge < -0.3 is 5.32 Å². The molecule has 1 N–H and O–H groups in total. The number of nitrogens with one attached hydrogen (secondary N) is 1. The third-order valence-electron chi connectivity index (χ3n) is 1.65. The molecule has 80 valence electrons. The lowest BCUT2D eigenvalue weighted by molar-refractivity contribution is -0.137. The van der Waals surface area contributed by atoms with Gasteiger partial charge in [0.25, 0.3) is 0 Å². The van der Waals surface area contributed by atoms with E-state index < -0.39 is 11.7 Å². The van der Waals surface area contributed by atoms with Gasteiger partial charge in [0.05, 0.1) is 11.6 Å². The molecule has 0 aromatic heterocycles. The fourth-order valence-corrected chi connectivity index (χ4v) is 1.36. The Balaban J connectivity index is 3.01. The number of alkyl halides is 3. The topological polar surface area (TPSA) is 35.8 Å². The average Bonchev–Trinajstić information content (AvgIpc) is 2.15. The zero-order valence-corrected chi connectivity index (χ0v) is 8.98. The van der Waals surface area contributed by atoms with Crippen LogP contribution in [-0.2, 0) is 6.18 Å². The van der Waals surface area contributed by atoms with Gasteiger partial charge in [-0.1, -0.05) is 0 Å². The summed E-state index contributed by atoms with van der Waals surface area (Å²) < 4.78 is 37.4. The van der Waals surface area contributed by atoms with E-state index in [1.165, 1.54) is 6.07 Å². The quantitative estimate of drug-likeness (QED) is 0.842. The van der Waals surface area contributed by atoms with Crippen molar-refractivity contribution in [1.82, 2.24) is 0 Å². The molecule has 0 aliphatic rings. The number of nitrogens with zero attached hydrogens (tertiary/aromatic N) is 1. The monoisotopic (exact) mass is 278 g/mol.